The summed E-state index contributed by atoms with van der Waals surface area (Å²) in [6.45, 7) is 3.40. The van der Waals surface area contributed by atoms with Gasteiger partial charge in [-0.05, 0) is 25.5 Å². The number of hydrogen-bond donors (Lipinski definition) is 4. The molecule has 0 bridgehead atoms. The Labute approximate surface area is 146 Å². The summed E-state index contributed by atoms with van der Waals surface area (Å²) in [7, 11) is 0. The third kappa shape index (κ3) is 5.59. The van der Waals surface area contributed by atoms with Crippen LogP contribution in [0.4, 0.5) is 11.5 Å². The van der Waals surface area contributed by atoms with Crippen molar-refractivity contribution in [2.45, 2.75) is 32.0 Å². The van der Waals surface area contributed by atoms with Crippen molar-refractivity contribution in [3.63, 3.8) is 0 Å². The second-order valence-electron chi connectivity index (χ2n) is 5.65. The first kappa shape index (κ1) is 20.1. The van der Waals surface area contributed by atoms with E-state index in [1.165, 1.54) is 18.3 Å². The van der Waals surface area contributed by atoms with E-state index in [-0.39, 0.29) is 24.0 Å². The van der Waals surface area contributed by atoms with Crippen LogP contribution in [0.2, 0.25) is 0 Å². The largest absolute Gasteiger partial charge is 0.387 e. The number of nitrogens with two attached hydrogens (primary N) is 2. The summed E-state index contributed by atoms with van der Waals surface area (Å²) >= 11 is 0. The van der Waals surface area contributed by atoms with Gasteiger partial charge in [0.05, 0.1) is 11.5 Å². The van der Waals surface area contributed by atoms with Crippen LogP contribution in [0.3, 0.4) is 0 Å². The van der Waals surface area contributed by atoms with Gasteiger partial charge in [0.1, 0.15) is 24.0 Å². The quantitative estimate of drug-likeness (QED) is 0.245. The van der Waals surface area contributed by atoms with Gasteiger partial charge in [-0.25, -0.2) is 4.98 Å². The fraction of sp³-hybridized carbons (Fsp3) is 0.571. The van der Waals surface area contributed by atoms with Crippen molar-refractivity contribution in [2.75, 3.05) is 18.4 Å². The number of nitrogens with zero attached hydrogens (tertiary/aromatic N) is 3. The van der Waals surface area contributed by atoms with Crippen LogP contribution < -0.4 is 22.1 Å². The van der Waals surface area contributed by atoms with Gasteiger partial charge in [-0.15, -0.1) is 12.4 Å². The third-order valence-corrected chi connectivity index (χ3v) is 3.93. The summed E-state index contributed by atoms with van der Waals surface area (Å²) in [4.78, 5) is 18.3. The van der Waals surface area contributed by atoms with Crippen molar-refractivity contribution in [3.05, 3.63) is 28.4 Å². The van der Waals surface area contributed by atoms with E-state index >= 15 is 0 Å². The number of nitro groups is 1. The number of aromatic nitrogens is 1. The molecule has 2 heterocycles. The zero-order valence-electron chi connectivity index (χ0n) is 13.5. The summed E-state index contributed by atoms with van der Waals surface area (Å²) in [6, 6.07) is 3.27. The van der Waals surface area contributed by atoms with Gasteiger partial charge in [0.2, 0.25) is 0 Å². The Balaban J connectivity index is 0.00000288. The molecule has 134 valence electrons. The van der Waals surface area contributed by atoms with E-state index in [1.807, 2.05) is 6.92 Å². The normalized spacial score (nSPS) is 20.1. The molecule has 1 aliphatic heterocycles. The fourth-order valence-corrected chi connectivity index (χ4v) is 2.51. The number of pyridine rings is 1. The van der Waals surface area contributed by atoms with Gasteiger partial charge in [0.15, 0.2) is 0 Å². The van der Waals surface area contributed by atoms with E-state index in [2.05, 4.69) is 20.6 Å². The van der Waals surface area contributed by atoms with E-state index in [9.17, 15) is 10.1 Å². The minimum atomic E-state index is -0.504. The first-order valence-electron chi connectivity index (χ1n) is 7.64. The van der Waals surface area contributed by atoms with Gasteiger partial charge in [0, 0.05) is 18.0 Å². The lowest BCUT2D eigenvalue weighted by Crippen LogP contribution is -2.40. The Morgan fingerprint density at radius 3 is 2.92 bits per heavy atom. The molecule has 3 atom stereocenters. The van der Waals surface area contributed by atoms with Crippen LogP contribution in [0.5, 0.6) is 0 Å². The Hall–Kier alpha value is -1.97. The molecule has 1 fully saturated rings. The lowest BCUT2D eigenvalue weighted by atomic mass is 9.99. The Morgan fingerprint density at radius 2 is 2.38 bits per heavy atom. The van der Waals surface area contributed by atoms with Crippen molar-refractivity contribution < 1.29 is 4.92 Å². The Morgan fingerprint density at radius 1 is 1.62 bits per heavy atom. The zero-order valence-corrected chi connectivity index (χ0v) is 14.3. The van der Waals surface area contributed by atoms with E-state index in [1.54, 1.807) is 0 Å². The molecule has 0 aromatic carbocycles. The van der Waals surface area contributed by atoms with E-state index in [0.29, 0.717) is 24.2 Å². The fourth-order valence-electron chi connectivity index (χ4n) is 2.51. The molecule has 0 radical (unpaired) electrons. The molecule has 3 unspecified atom stereocenters. The topological polar surface area (TPSA) is 144 Å². The van der Waals surface area contributed by atoms with Crippen LogP contribution in [0, 0.1) is 16.0 Å². The highest BCUT2D eigenvalue weighted by atomic mass is 35.5. The molecule has 1 aromatic rings. The van der Waals surface area contributed by atoms with Crippen molar-refractivity contribution in [3.8, 4) is 0 Å². The molecule has 24 heavy (non-hydrogen) atoms. The Bertz CT molecular complexity index is 561. The summed E-state index contributed by atoms with van der Waals surface area (Å²) < 4.78 is 0. The number of halogens is 1. The highest BCUT2D eigenvalue weighted by molar-refractivity contribution is 5.85. The third-order valence-electron chi connectivity index (χ3n) is 3.93. The van der Waals surface area contributed by atoms with Gasteiger partial charge >= 0.3 is 0 Å². The minimum Gasteiger partial charge on any atom is -0.387 e. The number of amidine groups is 1. The van der Waals surface area contributed by atoms with Crippen molar-refractivity contribution >= 4 is 29.7 Å². The average Bonchev–Trinajstić information content (AvgIpc) is 3.06. The lowest BCUT2D eigenvalue weighted by Gasteiger charge is -2.20. The molecule has 1 aliphatic rings. The van der Waals surface area contributed by atoms with Crippen LogP contribution in [0.15, 0.2) is 23.3 Å². The molecule has 1 aromatic heterocycles. The number of anilines is 1. The molecule has 0 spiro atoms. The summed E-state index contributed by atoms with van der Waals surface area (Å²) in [5.74, 6) is 1.18. The van der Waals surface area contributed by atoms with E-state index < -0.39 is 11.1 Å². The Kier molecular flexibility index (Phi) is 7.83. The van der Waals surface area contributed by atoms with Crippen LogP contribution in [-0.4, -0.2) is 41.0 Å². The summed E-state index contributed by atoms with van der Waals surface area (Å²) in [5, 5.41) is 16.9. The predicted molar refractivity (Wildman–Crippen MR) is 96.4 cm³/mol. The molecule has 0 saturated carbocycles. The maximum atomic E-state index is 10.6. The zero-order chi connectivity index (χ0) is 16.8. The van der Waals surface area contributed by atoms with E-state index in [4.69, 9.17) is 11.5 Å². The van der Waals surface area contributed by atoms with Crippen molar-refractivity contribution in [2.24, 2.45) is 22.4 Å². The molecule has 1 saturated heterocycles. The van der Waals surface area contributed by atoms with Crippen molar-refractivity contribution in [1.82, 2.24) is 10.3 Å². The van der Waals surface area contributed by atoms with Crippen molar-refractivity contribution in [1.29, 1.82) is 0 Å². The summed E-state index contributed by atoms with van der Waals surface area (Å²) in [6.07, 6.45) is 2.94. The van der Waals surface area contributed by atoms with Crippen LogP contribution in [0.25, 0.3) is 0 Å². The molecule has 0 amide bonds. The maximum Gasteiger partial charge on any atom is 0.287 e. The minimum absolute atomic E-state index is 0. The van der Waals surface area contributed by atoms with Crippen LogP contribution in [-0.2, 0) is 0 Å². The summed E-state index contributed by atoms with van der Waals surface area (Å²) in [5.41, 5.74) is 11.9. The lowest BCUT2D eigenvalue weighted by molar-refractivity contribution is -0.385. The number of rotatable bonds is 7. The average molecular weight is 358 g/mol. The standard InChI is InChI=1S/C14H23N7O2.ClH/c1-9(11-3-2-6-17-11)14(16)20-12(15)8-19-13-5-4-10(7-18-13)21(22)23;/h4-5,7,9,11-12,17H,2-3,6,8,15H2,1H3,(H2,16,20)(H,18,19);1H. The molecular formula is C14H24ClN7O2. The number of nitrogens with one attached hydrogen (secondary N) is 2. The van der Waals surface area contributed by atoms with Gasteiger partial charge in [-0.1, -0.05) is 6.92 Å². The van der Waals surface area contributed by atoms with Gasteiger partial charge < -0.3 is 22.1 Å². The molecule has 2 rings (SSSR count). The maximum absolute atomic E-state index is 10.6. The predicted octanol–water partition coefficient (Wildman–Crippen LogP) is 0.854. The highest BCUT2D eigenvalue weighted by Crippen LogP contribution is 2.15. The molecule has 10 heteroatoms. The van der Waals surface area contributed by atoms with Crippen LogP contribution in [0.1, 0.15) is 19.8 Å². The molecule has 0 aliphatic carbocycles. The number of aliphatic imine (C=N–C) groups is 1. The van der Waals surface area contributed by atoms with Gasteiger partial charge in [-0.3, -0.25) is 15.1 Å². The van der Waals surface area contributed by atoms with Gasteiger partial charge in [0.25, 0.3) is 5.69 Å². The monoisotopic (exact) mass is 357 g/mol. The van der Waals surface area contributed by atoms with Gasteiger partial charge in [-0.2, -0.15) is 0 Å². The van der Waals surface area contributed by atoms with E-state index in [0.717, 1.165) is 19.4 Å². The molecule has 6 N–H and O–H groups in total. The SMILES string of the molecule is CC(/C(N)=N/C(N)CNc1ccc([N+](=O)[O-])cn1)C1CCCN1.Cl. The first-order chi connectivity index (χ1) is 11.0. The molecular weight excluding hydrogens is 334 g/mol. The number of hydrogen-bond acceptors (Lipinski definition) is 7. The second kappa shape index (κ2) is 9.36. The highest BCUT2D eigenvalue weighted by Gasteiger charge is 2.23. The second-order valence-corrected chi connectivity index (χ2v) is 5.65. The van der Waals surface area contributed by atoms with Crippen LogP contribution >= 0.6 is 12.4 Å². The molecule has 9 nitrogen and oxygen atoms in total. The first-order valence-corrected chi connectivity index (χ1v) is 7.64. The smallest absolute Gasteiger partial charge is 0.287 e.